The van der Waals surface area contributed by atoms with Crippen LogP contribution in [0.4, 0.5) is 5.69 Å². The van der Waals surface area contributed by atoms with Crippen molar-refractivity contribution in [3.63, 3.8) is 0 Å². The van der Waals surface area contributed by atoms with Gasteiger partial charge < -0.3 is 5.73 Å². The molecular weight excluding hydrogens is 238 g/mol. The van der Waals surface area contributed by atoms with Crippen LogP contribution in [0.3, 0.4) is 0 Å². The maximum Gasteiger partial charge on any atom is 0.301 e. The lowest BCUT2D eigenvalue weighted by Crippen LogP contribution is -2.33. The summed E-state index contributed by atoms with van der Waals surface area (Å²) in [6, 6.07) is 7.15. The van der Waals surface area contributed by atoms with Crippen LogP contribution >= 0.6 is 0 Å². The number of nitrogens with one attached hydrogen (secondary N) is 1. The highest BCUT2D eigenvalue weighted by Gasteiger charge is 2.24. The Bertz CT molecular complexity index is 481. The van der Waals surface area contributed by atoms with Gasteiger partial charge in [-0.05, 0) is 30.5 Å². The fourth-order valence-electron chi connectivity index (χ4n) is 1.90. The smallest absolute Gasteiger partial charge is 0.301 e. The van der Waals surface area contributed by atoms with Gasteiger partial charge in [-0.25, -0.2) is 0 Å². The Balaban J connectivity index is 2.13. The molecule has 0 aromatic heterocycles. The number of rotatable bonds is 4. The van der Waals surface area contributed by atoms with Gasteiger partial charge in [-0.3, -0.25) is 4.72 Å². The standard InChI is InChI=1S/C11H17N3O2S/c12-9-10-4-3-5-11(8-10)13-17(15,16)14-6-1-2-7-14/h3-5,8,13H,1-2,6-7,9,12H2. The van der Waals surface area contributed by atoms with Crippen LogP contribution in [0, 0.1) is 0 Å². The van der Waals surface area contributed by atoms with Crippen molar-refractivity contribution >= 4 is 15.9 Å². The van der Waals surface area contributed by atoms with E-state index in [9.17, 15) is 8.42 Å². The lowest BCUT2D eigenvalue weighted by Gasteiger charge is -2.17. The van der Waals surface area contributed by atoms with Crippen LogP contribution in [0.1, 0.15) is 18.4 Å². The molecule has 1 heterocycles. The maximum absolute atomic E-state index is 12.0. The Kier molecular flexibility index (Phi) is 3.66. The first kappa shape index (κ1) is 12.3. The Morgan fingerprint density at radius 1 is 1.29 bits per heavy atom. The van der Waals surface area contributed by atoms with Gasteiger partial charge in [0.05, 0.1) is 5.69 Å². The molecule has 1 saturated heterocycles. The fraction of sp³-hybridized carbons (Fsp3) is 0.455. The highest BCUT2D eigenvalue weighted by Crippen LogP contribution is 2.17. The van der Waals surface area contributed by atoms with Crippen LogP contribution in [0.5, 0.6) is 0 Å². The van der Waals surface area contributed by atoms with E-state index in [1.165, 1.54) is 4.31 Å². The van der Waals surface area contributed by atoms with E-state index in [4.69, 9.17) is 5.73 Å². The van der Waals surface area contributed by atoms with Gasteiger partial charge in [-0.15, -0.1) is 0 Å². The van der Waals surface area contributed by atoms with Gasteiger partial charge in [0.2, 0.25) is 0 Å². The third-order valence-corrected chi connectivity index (χ3v) is 4.35. The third kappa shape index (κ3) is 2.96. The Morgan fingerprint density at radius 2 is 2.00 bits per heavy atom. The second-order valence-corrected chi connectivity index (χ2v) is 5.79. The van der Waals surface area contributed by atoms with Crippen molar-refractivity contribution < 1.29 is 8.42 Å². The average Bonchev–Trinajstić information content (AvgIpc) is 2.83. The quantitative estimate of drug-likeness (QED) is 0.839. The van der Waals surface area contributed by atoms with E-state index in [1.54, 1.807) is 18.2 Å². The fourth-order valence-corrected chi connectivity index (χ4v) is 3.20. The molecule has 5 nitrogen and oxygen atoms in total. The minimum atomic E-state index is -3.40. The summed E-state index contributed by atoms with van der Waals surface area (Å²) in [4.78, 5) is 0. The minimum absolute atomic E-state index is 0.402. The summed E-state index contributed by atoms with van der Waals surface area (Å²) in [7, 11) is -3.40. The monoisotopic (exact) mass is 255 g/mol. The van der Waals surface area contributed by atoms with E-state index in [1.807, 2.05) is 6.07 Å². The Hall–Kier alpha value is -1.11. The zero-order valence-electron chi connectivity index (χ0n) is 9.59. The first-order valence-corrected chi connectivity index (χ1v) is 7.13. The molecule has 1 aliphatic rings. The molecule has 0 bridgehead atoms. The minimum Gasteiger partial charge on any atom is -0.326 e. The summed E-state index contributed by atoms with van der Waals surface area (Å²) in [5.74, 6) is 0. The highest BCUT2D eigenvalue weighted by molar-refractivity contribution is 7.90. The number of anilines is 1. The van der Waals surface area contributed by atoms with Crippen LogP contribution in [0.25, 0.3) is 0 Å². The molecule has 94 valence electrons. The highest BCUT2D eigenvalue weighted by atomic mass is 32.2. The van der Waals surface area contributed by atoms with Gasteiger partial charge in [0.15, 0.2) is 0 Å². The molecule has 0 saturated carbocycles. The van der Waals surface area contributed by atoms with Gasteiger partial charge in [-0.1, -0.05) is 12.1 Å². The zero-order valence-corrected chi connectivity index (χ0v) is 10.4. The van der Waals surface area contributed by atoms with Crippen LogP contribution in [0.2, 0.25) is 0 Å². The van der Waals surface area contributed by atoms with E-state index in [0.29, 0.717) is 25.3 Å². The molecule has 0 amide bonds. The molecule has 0 atom stereocenters. The van der Waals surface area contributed by atoms with E-state index in [-0.39, 0.29) is 0 Å². The molecule has 1 aliphatic heterocycles. The predicted molar refractivity (Wildman–Crippen MR) is 67.7 cm³/mol. The summed E-state index contributed by atoms with van der Waals surface area (Å²) >= 11 is 0. The number of nitrogens with zero attached hydrogens (tertiary/aromatic N) is 1. The topological polar surface area (TPSA) is 75.4 Å². The second kappa shape index (κ2) is 5.03. The molecule has 0 aliphatic carbocycles. The van der Waals surface area contributed by atoms with Crippen molar-refractivity contribution in [2.24, 2.45) is 5.73 Å². The first-order chi connectivity index (χ1) is 8.12. The van der Waals surface area contributed by atoms with Crippen molar-refractivity contribution in [3.8, 4) is 0 Å². The van der Waals surface area contributed by atoms with Crippen molar-refractivity contribution in [3.05, 3.63) is 29.8 Å². The third-order valence-electron chi connectivity index (χ3n) is 2.81. The second-order valence-electron chi connectivity index (χ2n) is 4.12. The molecule has 17 heavy (non-hydrogen) atoms. The number of benzene rings is 1. The van der Waals surface area contributed by atoms with E-state index in [0.717, 1.165) is 18.4 Å². The molecule has 6 heteroatoms. The van der Waals surface area contributed by atoms with Gasteiger partial charge in [-0.2, -0.15) is 12.7 Å². The predicted octanol–water partition coefficient (Wildman–Crippen LogP) is 0.898. The summed E-state index contributed by atoms with van der Waals surface area (Å²) in [5.41, 5.74) is 7.00. The van der Waals surface area contributed by atoms with Gasteiger partial charge in [0.1, 0.15) is 0 Å². The van der Waals surface area contributed by atoms with Gasteiger partial charge in [0.25, 0.3) is 0 Å². The zero-order chi connectivity index (χ0) is 12.3. The molecule has 2 rings (SSSR count). The normalized spacial score (nSPS) is 17.2. The Morgan fingerprint density at radius 3 is 2.65 bits per heavy atom. The largest absolute Gasteiger partial charge is 0.326 e. The van der Waals surface area contributed by atoms with Gasteiger partial charge in [0, 0.05) is 19.6 Å². The molecule has 0 unspecified atom stereocenters. The number of nitrogens with two attached hydrogens (primary N) is 1. The molecule has 1 fully saturated rings. The van der Waals surface area contributed by atoms with Crippen LogP contribution < -0.4 is 10.5 Å². The van der Waals surface area contributed by atoms with Crippen molar-refractivity contribution in [2.75, 3.05) is 17.8 Å². The van der Waals surface area contributed by atoms with Gasteiger partial charge >= 0.3 is 10.2 Å². The van der Waals surface area contributed by atoms with E-state index >= 15 is 0 Å². The summed E-state index contributed by atoms with van der Waals surface area (Å²) in [6.45, 7) is 1.61. The molecule has 1 aromatic carbocycles. The lowest BCUT2D eigenvalue weighted by molar-refractivity contribution is 0.482. The molecule has 0 spiro atoms. The van der Waals surface area contributed by atoms with E-state index in [2.05, 4.69) is 4.72 Å². The number of hydrogen-bond donors (Lipinski definition) is 2. The van der Waals surface area contributed by atoms with Crippen LogP contribution in [0.15, 0.2) is 24.3 Å². The summed E-state index contributed by atoms with van der Waals surface area (Å²) in [5, 5.41) is 0. The SMILES string of the molecule is NCc1cccc(NS(=O)(=O)N2CCCC2)c1. The Labute approximate surface area is 102 Å². The van der Waals surface area contributed by atoms with Crippen molar-refractivity contribution in [2.45, 2.75) is 19.4 Å². The molecule has 3 N–H and O–H groups in total. The number of hydrogen-bond acceptors (Lipinski definition) is 3. The summed E-state index contributed by atoms with van der Waals surface area (Å²) in [6.07, 6.45) is 1.87. The van der Waals surface area contributed by atoms with E-state index < -0.39 is 10.2 Å². The van der Waals surface area contributed by atoms with Crippen molar-refractivity contribution in [1.82, 2.24) is 4.31 Å². The maximum atomic E-state index is 12.0. The summed E-state index contributed by atoms with van der Waals surface area (Å²) < 4.78 is 28.0. The molecular formula is C11H17N3O2S. The molecule has 1 aromatic rings. The van der Waals surface area contributed by atoms with Crippen molar-refractivity contribution in [1.29, 1.82) is 0 Å². The average molecular weight is 255 g/mol. The first-order valence-electron chi connectivity index (χ1n) is 5.69. The lowest BCUT2D eigenvalue weighted by atomic mass is 10.2. The molecule has 0 radical (unpaired) electrons. The van der Waals surface area contributed by atoms with Crippen LogP contribution in [-0.2, 0) is 16.8 Å². The van der Waals surface area contributed by atoms with Crippen LogP contribution in [-0.4, -0.2) is 25.8 Å².